The first-order chi connectivity index (χ1) is 14.6. The predicted molar refractivity (Wildman–Crippen MR) is 118 cm³/mol. The van der Waals surface area contributed by atoms with E-state index in [0.717, 1.165) is 0 Å². The quantitative estimate of drug-likeness (QED) is 0.318. The molecule has 0 saturated heterocycles. The number of nitro groups is 2. The summed E-state index contributed by atoms with van der Waals surface area (Å²) in [5.74, 6) is -0.277. The van der Waals surface area contributed by atoms with E-state index in [0.29, 0.717) is 24.3 Å². The van der Waals surface area contributed by atoms with E-state index in [1.807, 2.05) is 0 Å². The van der Waals surface area contributed by atoms with Crippen molar-refractivity contribution in [3.8, 4) is 5.75 Å². The molecule has 0 aliphatic heterocycles. The van der Waals surface area contributed by atoms with Crippen LogP contribution in [0.15, 0.2) is 30.3 Å². The zero-order valence-corrected chi connectivity index (χ0v) is 17.9. The molecule has 0 heterocycles. The van der Waals surface area contributed by atoms with E-state index < -0.39 is 15.8 Å². The van der Waals surface area contributed by atoms with E-state index in [2.05, 4.69) is 10.6 Å². The number of amides is 1. The first-order valence-electron chi connectivity index (χ1n) is 9.15. The zero-order chi connectivity index (χ0) is 23.1. The van der Waals surface area contributed by atoms with Crippen LogP contribution in [0.25, 0.3) is 0 Å². The van der Waals surface area contributed by atoms with Gasteiger partial charge in [-0.15, -0.1) is 0 Å². The molecule has 166 valence electrons. The van der Waals surface area contributed by atoms with Gasteiger partial charge < -0.3 is 20.3 Å². The van der Waals surface area contributed by atoms with E-state index >= 15 is 0 Å². The number of non-ortho nitro benzene ring substituents is 1. The van der Waals surface area contributed by atoms with Crippen LogP contribution in [-0.2, 0) is 0 Å². The molecule has 0 aliphatic carbocycles. The van der Waals surface area contributed by atoms with Gasteiger partial charge in [0.2, 0.25) is 0 Å². The summed E-state index contributed by atoms with van der Waals surface area (Å²) in [7, 11) is 4.70. The van der Waals surface area contributed by atoms with Crippen molar-refractivity contribution in [3.05, 3.63) is 61.1 Å². The predicted octanol–water partition coefficient (Wildman–Crippen LogP) is 3.46. The minimum Gasteiger partial charge on any atom is -0.496 e. The number of carbonyl (C=O) groups is 1. The number of halogens is 1. The molecule has 2 N–H and O–H groups in total. The van der Waals surface area contributed by atoms with Gasteiger partial charge >= 0.3 is 0 Å². The third kappa shape index (κ3) is 5.95. The van der Waals surface area contributed by atoms with E-state index in [-0.39, 0.29) is 34.3 Å². The second-order valence-electron chi connectivity index (χ2n) is 6.65. The Kier molecular flexibility index (Phi) is 7.97. The Bertz CT molecular complexity index is 998. The highest BCUT2D eigenvalue weighted by molar-refractivity contribution is 6.33. The summed E-state index contributed by atoms with van der Waals surface area (Å²) >= 11 is 6.02. The first kappa shape index (κ1) is 23.7. The summed E-state index contributed by atoms with van der Waals surface area (Å²) in [5, 5.41) is 28.1. The maximum atomic E-state index is 12.5. The molecule has 2 aromatic carbocycles. The molecule has 0 bridgehead atoms. The number of nitrogens with one attached hydrogen (secondary N) is 2. The van der Waals surface area contributed by atoms with Crippen LogP contribution in [0.5, 0.6) is 5.75 Å². The van der Waals surface area contributed by atoms with Gasteiger partial charge in [-0.3, -0.25) is 25.0 Å². The molecular formula is C19H22ClN5O6. The van der Waals surface area contributed by atoms with E-state index in [1.165, 1.54) is 37.4 Å². The summed E-state index contributed by atoms with van der Waals surface area (Å²) in [6.45, 7) is 0.720. The molecule has 12 heteroatoms. The minimum absolute atomic E-state index is 0.0613. The van der Waals surface area contributed by atoms with Crippen molar-refractivity contribution in [1.29, 1.82) is 0 Å². The highest BCUT2D eigenvalue weighted by Crippen LogP contribution is 2.34. The van der Waals surface area contributed by atoms with Crippen LogP contribution in [-0.4, -0.2) is 50.0 Å². The summed E-state index contributed by atoms with van der Waals surface area (Å²) in [6, 6.07) is 6.74. The Morgan fingerprint density at radius 3 is 2.39 bits per heavy atom. The Morgan fingerprint density at radius 1 is 1.13 bits per heavy atom. The smallest absolute Gasteiger partial charge is 0.293 e. The lowest BCUT2D eigenvalue weighted by molar-refractivity contribution is -0.384. The van der Waals surface area contributed by atoms with Crippen LogP contribution in [0.4, 0.5) is 22.7 Å². The Balaban J connectivity index is 1.98. The molecule has 0 saturated carbocycles. The van der Waals surface area contributed by atoms with E-state index in [1.54, 1.807) is 19.0 Å². The number of hydrogen-bond acceptors (Lipinski definition) is 8. The van der Waals surface area contributed by atoms with Crippen LogP contribution in [0.1, 0.15) is 16.8 Å². The fraction of sp³-hybridized carbons (Fsp3) is 0.316. The highest BCUT2D eigenvalue weighted by Gasteiger charge is 2.23. The normalized spacial score (nSPS) is 10.3. The van der Waals surface area contributed by atoms with Gasteiger partial charge in [0.15, 0.2) is 0 Å². The van der Waals surface area contributed by atoms with Crippen molar-refractivity contribution in [2.24, 2.45) is 0 Å². The topological polar surface area (TPSA) is 140 Å². The number of methoxy groups -OCH3 is 1. The fourth-order valence-corrected chi connectivity index (χ4v) is 3.02. The molecule has 0 atom stereocenters. The number of ether oxygens (including phenoxy) is 1. The van der Waals surface area contributed by atoms with E-state index in [4.69, 9.17) is 16.3 Å². The Hall–Kier alpha value is -3.60. The second-order valence-corrected chi connectivity index (χ2v) is 7.06. The Labute approximate surface area is 183 Å². The molecule has 0 unspecified atom stereocenters. The third-order valence-corrected chi connectivity index (χ3v) is 4.65. The van der Waals surface area contributed by atoms with Gasteiger partial charge in [0.1, 0.15) is 11.4 Å². The summed E-state index contributed by atoms with van der Waals surface area (Å²) in [5.41, 5.74) is 0.612. The maximum Gasteiger partial charge on any atom is 0.293 e. The summed E-state index contributed by atoms with van der Waals surface area (Å²) in [4.78, 5) is 35.1. The zero-order valence-electron chi connectivity index (χ0n) is 17.2. The lowest BCUT2D eigenvalue weighted by atomic mass is 10.1. The standard InChI is InChI=1S/C19H22ClN5O6/c1-23(2)16-11-18(31-3)13(10-17(16)25(29)30)19(26)22-8-4-7-21-15-6-5-12(24(27)28)9-14(15)20/h5-6,9-11,21H,4,7-8H2,1-3H3,(H,22,26). The van der Waals surface area contributed by atoms with Gasteiger partial charge in [0, 0.05) is 51.5 Å². The molecule has 2 rings (SSSR count). The second kappa shape index (κ2) is 10.4. The van der Waals surface area contributed by atoms with Crippen molar-refractivity contribution in [3.63, 3.8) is 0 Å². The maximum absolute atomic E-state index is 12.5. The largest absolute Gasteiger partial charge is 0.496 e. The van der Waals surface area contributed by atoms with Crippen LogP contribution in [0.2, 0.25) is 5.02 Å². The molecule has 2 aromatic rings. The van der Waals surface area contributed by atoms with Crippen LogP contribution in [0, 0.1) is 20.2 Å². The highest BCUT2D eigenvalue weighted by atomic mass is 35.5. The number of rotatable bonds is 10. The van der Waals surface area contributed by atoms with Crippen LogP contribution >= 0.6 is 11.6 Å². The van der Waals surface area contributed by atoms with Gasteiger partial charge in [-0.25, -0.2) is 0 Å². The SMILES string of the molecule is COc1cc(N(C)C)c([N+](=O)[O-])cc1C(=O)NCCCNc1ccc([N+](=O)[O-])cc1Cl. The van der Waals surface area contributed by atoms with Crippen molar-refractivity contribution in [2.75, 3.05) is 44.5 Å². The molecule has 0 aromatic heterocycles. The third-order valence-electron chi connectivity index (χ3n) is 4.34. The number of nitro benzene ring substituents is 2. The molecule has 11 nitrogen and oxygen atoms in total. The van der Waals surface area contributed by atoms with Crippen molar-refractivity contribution in [1.82, 2.24) is 5.32 Å². The number of carbonyl (C=O) groups excluding carboxylic acids is 1. The Morgan fingerprint density at radius 2 is 1.84 bits per heavy atom. The van der Waals surface area contributed by atoms with Crippen molar-refractivity contribution >= 4 is 40.3 Å². The van der Waals surface area contributed by atoms with Gasteiger partial charge in [0.05, 0.1) is 33.2 Å². The van der Waals surface area contributed by atoms with Gasteiger partial charge in [-0.2, -0.15) is 0 Å². The van der Waals surface area contributed by atoms with Crippen molar-refractivity contribution < 1.29 is 19.4 Å². The first-order valence-corrected chi connectivity index (χ1v) is 9.53. The van der Waals surface area contributed by atoms with E-state index in [9.17, 15) is 25.0 Å². The average molecular weight is 452 g/mol. The fourth-order valence-electron chi connectivity index (χ4n) is 2.78. The van der Waals surface area contributed by atoms with Gasteiger partial charge in [0.25, 0.3) is 17.3 Å². The number of nitrogens with zero attached hydrogens (tertiary/aromatic N) is 3. The molecular weight excluding hydrogens is 430 g/mol. The molecule has 0 aliphatic rings. The summed E-state index contributed by atoms with van der Waals surface area (Å²) < 4.78 is 5.23. The number of hydrogen-bond donors (Lipinski definition) is 2. The van der Waals surface area contributed by atoms with Crippen LogP contribution in [0.3, 0.4) is 0 Å². The van der Waals surface area contributed by atoms with Crippen LogP contribution < -0.4 is 20.3 Å². The lowest BCUT2D eigenvalue weighted by Gasteiger charge is -2.16. The molecule has 31 heavy (non-hydrogen) atoms. The van der Waals surface area contributed by atoms with Gasteiger partial charge in [-0.05, 0) is 12.5 Å². The average Bonchev–Trinajstić information content (AvgIpc) is 2.72. The summed E-state index contributed by atoms with van der Waals surface area (Å²) in [6.07, 6.45) is 0.513. The minimum atomic E-state index is -0.552. The number of benzene rings is 2. The molecule has 1 amide bonds. The molecule has 0 radical (unpaired) electrons. The van der Waals surface area contributed by atoms with Gasteiger partial charge in [-0.1, -0.05) is 11.6 Å². The van der Waals surface area contributed by atoms with Crippen molar-refractivity contribution in [2.45, 2.75) is 6.42 Å². The molecule has 0 fully saturated rings. The monoisotopic (exact) mass is 451 g/mol. The number of anilines is 2. The molecule has 0 spiro atoms. The lowest BCUT2D eigenvalue weighted by Crippen LogP contribution is -2.26.